The second-order valence-electron chi connectivity index (χ2n) is 6.43. The number of methoxy groups -OCH3 is 3. The lowest BCUT2D eigenvalue weighted by molar-refractivity contribution is 0.409. The third kappa shape index (κ3) is 4.45. The van der Waals surface area contributed by atoms with Gasteiger partial charge in [-0.15, -0.1) is 0 Å². The number of benzene rings is 2. The van der Waals surface area contributed by atoms with Crippen LogP contribution < -0.4 is 24.2 Å². The van der Waals surface area contributed by atoms with Gasteiger partial charge in [0, 0.05) is 11.1 Å². The monoisotopic (exact) mass is 417 g/mol. The van der Waals surface area contributed by atoms with Crippen LogP contribution in [0.5, 0.6) is 17.2 Å². The van der Waals surface area contributed by atoms with Crippen molar-refractivity contribution in [3.05, 3.63) is 42.0 Å². The highest BCUT2D eigenvalue weighted by Gasteiger charge is 2.14. The second-order valence-corrected chi connectivity index (χ2v) is 8.18. The van der Waals surface area contributed by atoms with E-state index in [0.29, 0.717) is 40.0 Å². The van der Waals surface area contributed by atoms with Crippen LogP contribution in [0.2, 0.25) is 0 Å². The molecule has 0 spiro atoms. The number of ether oxygens (including phenoxy) is 3. The molecule has 0 bridgehead atoms. The van der Waals surface area contributed by atoms with E-state index in [4.69, 9.17) is 14.2 Å². The maximum Gasteiger partial charge on any atom is 0.229 e. The molecule has 0 amide bonds. The molecule has 0 aliphatic heterocycles. The Morgan fingerprint density at radius 2 is 1.52 bits per heavy atom. The van der Waals surface area contributed by atoms with Crippen molar-refractivity contribution < 1.29 is 22.6 Å². The predicted octanol–water partition coefficient (Wildman–Crippen LogP) is 3.68. The summed E-state index contributed by atoms with van der Waals surface area (Å²) in [6, 6.07) is 10.6. The first-order valence-corrected chi connectivity index (χ1v) is 10.6. The number of pyridine rings is 1. The van der Waals surface area contributed by atoms with Gasteiger partial charge in [-0.2, -0.15) is 0 Å². The van der Waals surface area contributed by atoms with Gasteiger partial charge in [-0.05, 0) is 48.9 Å². The van der Waals surface area contributed by atoms with E-state index >= 15 is 0 Å². The second kappa shape index (κ2) is 8.04. The number of nitrogens with one attached hydrogen (secondary N) is 2. The summed E-state index contributed by atoms with van der Waals surface area (Å²) in [5.41, 5.74) is 2.59. The van der Waals surface area contributed by atoms with E-state index in [0.717, 1.165) is 17.2 Å². The van der Waals surface area contributed by atoms with E-state index < -0.39 is 10.0 Å². The molecule has 9 heteroatoms. The molecule has 154 valence electrons. The highest BCUT2D eigenvalue weighted by atomic mass is 32.2. The molecule has 1 heterocycles. The van der Waals surface area contributed by atoms with E-state index in [1.54, 1.807) is 38.5 Å². The number of sulfonamides is 1. The van der Waals surface area contributed by atoms with Crippen molar-refractivity contribution in [2.75, 3.05) is 37.6 Å². The zero-order valence-electron chi connectivity index (χ0n) is 16.9. The number of aryl methyl sites for hydroxylation is 1. The first-order chi connectivity index (χ1) is 13.8. The molecule has 0 unspecified atom stereocenters. The molecule has 0 radical (unpaired) electrons. The number of nitrogens with zero attached hydrogens (tertiary/aromatic N) is 1. The minimum absolute atomic E-state index is 0.330. The smallest absolute Gasteiger partial charge is 0.229 e. The normalized spacial score (nSPS) is 11.2. The summed E-state index contributed by atoms with van der Waals surface area (Å²) in [6.07, 6.45) is 1.08. The Balaban J connectivity index is 2.05. The summed E-state index contributed by atoms with van der Waals surface area (Å²) in [5.74, 6) is 2.33. The lowest BCUT2D eigenvalue weighted by Gasteiger charge is -2.15. The van der Waals surface area contributed by atoms with Gasteiger partial charge in [0.15, 0.2) is 0 Å². The average molecular weight is 417 g/mol. The van der Waals surface area contributed by atoms with Gasteiger partial charge in [-0.3, -0.25) is 4.72 Å². The first kappa shape index (κ1) is 20.5. The van der Waals surface area contributed by atoms with Crippen LogP contribution in [0, 0.1) is 6.92 Å². The summed E-state index contributed by atoms with van der Waals surface area (Å²) >= 11 is 0. The molecule has 0 atom stereocenters. The number of aromatic nitrogens is 1. The molecular weight excluding hydrogens is 394 g/mol. The Morgan fingerprint density at radius 1 is 0.897 bits per heavy atom. The van der Waals surface area contributed by atoms with Gasteiger partial charge in [0.25, 0.3) is 0 Å². The lowest BCUT2D eigenvalue weighted by atomic mass is 10.1. The zero-order chi connectivity index (χ0) is 21.2. The Morgan fingerprint density at radius 3 is 2.14 bits per heavy atom. The topological polar surface area (TPSA) is 98.8 Å². The van der Waals surface area contributed by atoms with Crippen LogP contribution in [0.3, 0.4) is 0 Å². The molecule has 3 rings (SSSR count). The Bertz CT molecular complexity index is 1160. The number of anilines is 3. The summed E-state index contributed by atoms with van der Waals surface area (Å²) < 4.78 is 41.9. The van der Waals surface area contributed by atoms with E-state index in [1.165, 1.54) is 7.11 Å². The molecule has 1 aromatic heterocycles. The molecule has 0 aliphatic carbocycles. The summed E-state index contributed by atoms with van der Waals surface area (Å²) in [5, 5.41) is 4.07. The fourth-order valence-electron chi connectivity index (χ4n) is 3.09. The summed E-state index contributed by atoms with van der Waals surface area (Å²) in [6.45, 7) is 1.96. The molecule has 8 nitrogen and oxygen atoms in total. The zero-order valence-corrected chi connectivity index (χ0v) is 17.7. The first-order valence-electron chi connectivity index (χ1n) is 8.71. The summed E-state index contributed by atoms with van der Waals surface area (Å²) in [7, 11) is 1.22. The standard InChI is InChI=1S/C20H23N3O5S/c1-12-10-18(22-20-17(28-4)9-8-16(27-3)19(12)20)21-13-6-7-15(26-2)14(11-13)23-29(5,24)25/h6-11,23H,1-5H3,(H,21,22). The largest absolute Gasteiger partial charge is 0.496 e. The fourth-order valence-corrected chi connectivity index (χ4v) is 3.65. The van der Waals surface area contributed by atoms with Crippen LogP contribution in [-0.2, 0) is 10.0 Å². The van der Waals surface area contributed by atoms with Crippen molar-refractivity contribution in [3.63, 3.8) is 0 Å². The van der Waals surface area contributed by atoms with Crippen LogP contribution in [0.1, 0.15) is 5.56 Å². The van der Waals surface area contributed by atoms with Gasteiger partial charge < -0.3 is 19.5 Å². The van der Waals surface area contributed by atoms with Crippen LogP contribution in [0.4, 0.5) is 17.2 Å². The van der Waals surface area contributed by atoms with E-state index in [2.05, 4.69) is 15.0 Å². The predicted molar refractivity (Wildman–Crippen MR) is 114 cm³/mol. The van der Waals surface area contributed by atoms with Crippen molar-refractivity contribution in [1.82, 2.24) is 4.98 Å². The third-order valence-corrected chi connectivity index (χ3v) is 4.88. The Labute approximate surface area is 169 Å². The van der Waals surface area contributed by atoms with Gasteiger partial charge in [0.1, 0.15) is 28.6 Å². The van der Waals surface area contributed by atoms with Gasteiger partial charge >= 0.3 is 0 Å². The molecule has 29 heavy (non-hydrogen) atoms. The van der Waals surface area contributed by atoms with Crippen LogP contribution >= 0.6 is 0 Å². The van der Waals surface area contributed by atoms with Gasteiger partial charge in [-0.25, -0.2) is 13.4 Å². The van der Waals surface area contributed by atoms with E-state index in [-0.39, 0.29) is 0 Å². The molecule has 0 aliphatic rings. The van der Waals surface area contributed by atoms with Crippen molar-refractivity contribution in [2.24, 2.45) is 0 Å². The van der Waals surface area contributed by atoms with Crippen LogP contribution in [0.15, 0.2) is 36.4 Å². The average Bonchev–Trinajstić information content (AvgIpc) is 2.66. The van der Waals surface area contributed by atoms with Crippen molar-refractivity contribution in [1.29, 1.82) is 0 Å². The highest BCUT2D eigenvalue weighted by Crippen LogP contribution is 2.36. The quantitative estimate of drug-likeness (QED) is 0.605. The molecule has 2 N–H and O–H groups in total. The van der Waals surface area contributed by atoms with E-state index in [9.17, 15) is 8.42 Å². The van der Waals surface area contributed by atoms with Crippen LogP contribution in [-0.4, -0.2) is 41.0 Å². The molecule has 0 saturated heterocycles. The molecule has 3 aromatic rings. The maximum atomic E-state index is 11.6. The Hall–Kier alpha value is -3.20. The van der Waals surface area contributed by atoms with E-state index in [1.807, 2.05) is 19.1 Å². The molecular formula is C20H23N3O5S. The molecule has 0 fully saturated rings. The SMILES string of the molecule is COc1ccc(Nc2cc(C)c3c(OC)ccc(OC)c3n2)cc1NS(C)(=O)=O. The number of hydrogen-bond donors (Lipinski definition) is 2. The fraction of sp³-hybridized carbons (Fsp3) is 0.250. The molecule has 2 aromatic carbocycles. The van der Waals surface area contributed by atoms with Gasteiger partial charge in [0.2, 0.25) is 10.0 Å². The van der Waals surface area contributed by atoms with Crippen molar-refractivity contribution in [3.8, 4) is 17.2 Å². The highest BCUT2D eigenvalue weighted by molar-refractivity contribution is 7.92. The molecule has 0 saturated carbocycles. The minimum atomic E-state index is -3.46. The minimum Gasteiger partial charge on any atom is -0.496 e. The third-order valence-electron chi connectivity index (χ3n) is 4.29. The summed E-state index contributed by atoms with van der Waals surface area (Å²) in [4.78, 5) is 4.67. The van der Waals surface area contributed by atoms with Gasteiger partial charge in [0.05, 0.1) is 33.3 Å². The number of fused-ring (bicyclic) bond motifs is 1. The van der Waals surface area contributed by atoms with Crippen molar-refractivity contribution in [2.45, 2.75) is 6.92 Å². The Kier molecular flexibility index (Phi) is 5.69. The number of hydrogen-bond acceptors (Lipinski definition) is 7. The lowest BCUT2D eigenvalue weighted by Crippen LogP contribution is -2.10. The number of rotatable bonds is 7. The van der Waals surface area contributed by atoms with Gasteiger partial charge in [-0.1, -0.05) is 0 Å². The maximum absolute atomic E-state index is 11.6. The van der Waals surface area contributed by atoms with Crippen LogP contribution in [0.25, 0.3) is 10.9 Å². The van der Waals surface area contributed by atoms with Crippen molar-refractivity contribution >= 4 is 38.1 Å².